The lowest BCUT2D eigenvalue weighted by molar-refractivity contribution is 0.162. The van der Waals surface area contributed by atoms with Crippen LogP contribution in [0.25, 0.3) is 0 Å². The predicted molar refractivity (Wildman–Crippen MR) is 87.6 cm³/mol. The summed E-state index contributed by atoms with van der Waals surface area (Å²) in [5, 5.41) is 3.98. The summed E-state index contributed by atoms with van der Waals surface area (Å²) in [6, 6.07) is 10.7. The molecule has 0 aliphatic carbocycles. The Balaban J connectivity index is 0.00000176. The van der Waals surface area contributed by atoms with E-state index < -0.39 is 0 Å². The van der Waals surface area contributed by atoms with Crippen LogP contribution < -0.4 is 5.73 Å². The Hall–Kier alpha value is -1.43. The molecule has 1 aromatic carbocycles. The zero-order valence-corrected chi connectivity index (χ0v) is 13.5. The Labute approximate surface area is 137 Å². The molecule has 1 atom stereocenters. The second kappa shape index (κ2) is 8.27. The molecule has 0 bridgehead atoms. The maximum absolute atomic E-state index is 5.49. The summed E-state index contributed by atoms with van der Waals surface area (Å²) in [4.78, 5) is 6.71. The molecule has 6 heteroatoms. The van der Waals surface area contributed by atoms with E-state index in [1.54, 1.807) is 0 Å². The fourth-order valence-electron chi connectivity index (χ4n) is 3.05. The van der Waals surface area contributed by atoms with Crippen LogP contribution in [-0.4, -0.2) is 28.1 Å². The topological polar surface area (TPSA) is 68.2 Å². The van der Waals surface area contributed by atoms with Gasteiger partial charge in [0, 0.05) is 6.54 Å². The summed E-state index contributed by atoms with van der Waals surface area (Å²) in [5.74, 6) is 1.97. The van der Waals surface area contributed by atoms with Crippen LogP contribution in [0.5, 0.6) is 0 Å². The molecule has 1 aliphatic rings. The van der Waals surface area contributed by atoms with Gasteiger partial charge in [0.15, 0.2) is 5.82 Å². The average molecular weight is 323 g/mol. The van der Waals surface area contributed by atoms with Crippen LogP contribution in [0, 0.1) is 5.92 Å². The van der Waals surface area contributed by atoms with Gasteiger partial charge in [0.25, 0.3) is 0 Å². The lowest BCUT2D eigenvalue weighted by atomic mass is 9.91. The summed E-state index contributed by atoms with van der Waals surface area (Å²) in [6.07, 6.45) is 3.68. The van der Waals surface area contributed by atoms with Gasteiger partial charge in [0.2, 0.25) is 5.89 Å². The SMILES string of the molecule is Cl.NCc1nc(CN2CCCC(Cc3ccccc3)C2)no1. The van der Waals surface area contributed by atoms with Crippen LogP contribution in [0.2, 0.25) is 0 Å². The average Bonchev–Trinajstić information content (AvgIpc) is 2.96. The minimum atomic E-state index is 0. The van der Waals surface area contributed by atoms with Crippen LogP contribution in [0.15, 0.2) is 34.9 Å². The van der Waals surface area contributed by atoms with Crippen molar-refractivity contribution in [1.29, 1.82) is 0 Å². The molecule has 5 nitrogen and oxygen atoms in total. The molecule has 0 amide bonds. The van der Waals surface area contributed by atoms with E-state index >= 15 is 0 Å². The highest BCUT2D eigenvalue weighted by Crippen LogP contribution is 2.21. The molecule has 1 aromatic heterocycles. The number of likely N-dealkylation sites (tertiary alicyclic amines) is 1. The van der Waals surface area contributed by atoms with Crippen molar-refractivity contribution in [3.8, 4) is 0 Å². The van der Waals surface area contributed by atoms with Gasteiger partial charge in [-0.25, -0.2) is 0 Å². The molecule has 120 valence electrons. The number of halogens is 1. The van der Waals surface area contributed by atoms with Crippen LogP contribution >= 0.6 is 12.4 Å². The lowest BCUT2D eigenvalue weighted by Crippen LogP contribution is -2.36. The summed E-state index contributed by atoms with van der Waals surface area (Å²) in [6.45, 7) is 3.28. The first-order chi connectivity index (χ1) is 10.3. The number of hydrogen-bond acceptors (Lipinski definition) is 5. The van der Waals surface area contributed by atoms with Gasteiger partial charge in [-0.2, -0.15) is 4.98 Å². The normalized spacial score (nSPS) is 18.9. The first kappa shape index (κ1) is 16.9. The van der Waals surface area contributed by atoms with E-state index in [2.05, 4.69) is 45.4 Å². The maximum Gasteiger partial charge on any atom is 0.240 e. The molecule has 1 fully saturated rings. The molecule has 3 rings (SSSR count). The molecule has 0 spiro atoms. The minimum absolute atomic E-state index is 0. The Morgan fingerprint density at radius 2 is 2.09 bits per heavy atom. The van der Waals surface area contributed by atoms with Gasteiger partial charge < -0.3 is 10.3 Å². The highest BCUT2D eigenvalue weighted by Gasteiger charge is 2.21. The van der Waals surface area contributed by atoms with E-state index in [1.165, 1.54) is 18.4 Å². The molecule has 2 heterocycles. The molecule has 2 N–H and O–H groups in total. The quantitative estimate of drug-likeness (QED) is 0.915. The Kier molecular flexibility index (Phi) is 6.36. The first-order valence-electron chi connectivity index (χ1n) is 7.61. The second-order valence-corrected chi connectivity index (χ2v) is 5.74. The van der Waals surface area contributed by atoms with Gasteiger partial charge in [-0.15, -0.1) is 12.4 Å². The van der Waals surface area contributed by atoms with Crippen molar-refractivity contribution in [3.63, 3.8) is 0 Å². The van der Waals surface area contributed by atoms with Gasteiger partial charge in [0.05, 0.1) is 13.1 Å². The zero-order chi connectivity index (χ0) is 14.5. The standard InChI is InChI=1S/C16H22N4O.ClH/c17-10-16-18-15(19-21-16)12-20-8-4-7-14(11-20)9-13-5-2-1-3-6-13;/h1-3,5-6,14H,4,7-12,17H2;1H. The van der Waals surface area contributed by atoms with E-state index in [0.717, 1.165) is 31.9 Å². The van der Waals surface area contributed by atoms with E-state index in [1.807, 2.05) is 0 Å². The fourth-order valence-corrected chi connectivity index (χ4v) is 3.05. The molecular formula is C16H23ClN4O. The molecule has 1 aliphatic heterocycles. The van der Waals surface area contributed by atoms with Gasteiger partial charge in [-0.05, 0) is 37.3 Å². The largest absolute Gasteiger partial charge is 0.338 e. The van der Waals surface area contributed by atoms with Crippen LogP contribution in [0.1, 0.15) is 30.1 Å². The molecule has 22 heavy (non-hydrogen) atoms. The van der Waals surface area contributed by atoms with Crippen molar-refractivity contribution in [2.24, 2.45) is 11.7 Å². The highest BCUT2D eigenvalue weighted by atomic mass is 35.5. The second-order valence-electron chi connectivity index (χ2n) is 5.74. The third-order valence-electron chi connectivity index (χ3n) is 4.02. The van der Waals surface area contributed by atoms with Crippen molar-refractivity contribution >= 4 is 12.4 Å². The Bertz CT molecular complexity index is 560. The van der Waals surface area contributed by atoms with Gasteiger partial charge >= 0.3 is 0 Å². The van der Waals surface area contributed by atoms with Crippen molar-refractivity contribution in [3.05, 3.63) is 47.6 Å². The van der Waals surface area contributed by atoms with Crippen molar-refractivity contribution in [2.45, 2.75) is 32.4 Å². The monoisotopic (exact) mass is 322 g/mol. The molecule has 0 saturated carbocycles. The van der Waals surface area contributed by atoms with Crippen LogP contribution in [0.4, 0.5) is 0 Å². The molecule has 2 aromatic rings. The smallest absolute Gasteiger partial charge is 0.240 e. The number of nitrogens with two attached hydrogens (primary N) is 1. The van der Waals surface area contributed by atoms with Crippen molar-refractivity contribution in [2.75, 3.05) is 13.1 Å². The third kappa shape index (κ3) is 4.53. The zero-order valence-electron chi connectivity index (χ0n) is 12.6. The summed E-state index contributed by atoms with van der Waals surface area (Å²) in [7, 11) is 0. The Morgan fingerprint density at radius 1 is 1.27 bits per heavy atom. The van der Waals surface area contributed by atoms with E-state index in [4.69, 9.17) is 10.3 Å². The minimum Gasteiger partial charge on any atom is -0.338 e. The van der Waals surface area contributed by atoms with Gasteiger partial charge in [0.1, 0.15) is 0 Å². The number of rotatable bonds is 5. The first-order valence-corrected chi connectivity index (χ1v) is 7.61. The summed E-state index contributed by atoms with van der Waals surface area (Å²) >= 11 is 0. The third-order valence-corrected chi connectivity index (χ3v) is 4.02. The number of aromatic nitrogens is 2. The van der Waals surface area contributed by atoms with Crippen LogP contribution in [-0.2, 0) is 19.5 Å². The number of nitrogens with zero attached hydrogens (tertiary/aromatic N) is 3. The fraction of sp³-hybridized carbons (Fsp3) is 0.500. The van der Waals surface area contributed by atoms with Crippen molar-refractivity contribution in [1.82, 2.24) is 15.0 Å². The molecule has 0 radical (unpaired) electrons. The molecular weight excluding hydrogens is 300 g/mol. The van der Waals surface area contributed by atoms with Crippen LogP contribution in [0.3, 0.4) is 0 Å². The molecule has 1 saturated heterocycles. The lowest BCUT2D eigenvalue weighted by Gasteiger charge is -2.31. The number of benzene rings is 1. The maximum atomic E-state index is 5.49. The van der Waals surface area contributed by atoms with Gasteiger partial charge in [-0.3, -0.25) is 4.90 Å². The highest BCUT2D eigenvalue weighted by molar-refractivity contribution is 5.85. The number of hydrogen-bond donors (Lipinski definition) is 1. The van der Waals surface area contributed by atoms with Crippen molar-refractivity contribution < 1.29 is 4.52 Å². The molecule has 1 unspecified atom stereocenters. The Morgan fingerprint density at radius 3 is 2.82 bits per heavy atom. The summed E-state index contributed by atoms with van der Waals surface area (Å²) < 4.78 is 5.07. The van der Waals surface area contributed by atoms with E-state index in [9.17, 15) is 0 Å². The van der Waals surface area contributed by atoms with E-state index in [-0.39, 0.29) is 12.4 Å². The van der Waals surface area contributed by atoms with Gasteiger partial charge in [-0.1, -0.05) is 35.5 Å². The number of piperidine rings is 1. The predicted octanol–water partition coefficient (Wildman–Crippen LogP) is 2.40. The van der Waals surface area contributed by atoms with E-state index in [0.29, 0.717) is 18.4 Å². The summed E-state index contributed by atoms with van der Waals surface area (Å²) in [5.41, 5.74) is 6.92.